The van der Waals surface area contributed by atoms with Gasteiger partial charge in [-0.3, -0.25) is 4.79 Å². The Morgan fingerprint density at radius 2 is 2.00 bits per heavy atom. The fraction of sp³-hybridized carbons (Fsp3) is 0.250. The van der Waals surface area contributed by atoms with Crippen LogP contribution in [0, 0.1) is 5.82 Å². The van der Waals surface area contributed by atoms with Crippen LogP contribution in [0.1, 0.15) is 6.42 Å². The number of halogens is 2. The third-order valence-electron chi connectivity index (χ3n) is 4.38. The van der Waals surface area contributed by atoms with Gasteiger partial charge in [0, 0.05) is 24.7 Å². The molecule has 2 aromatic carbocycles. The molecule has 0 spiro atoms. The summed E-state index contributed by atoms with van der Waals surface area (Å²) >= 11 is 6.98. The first-order valence-electron chi connectivity index (χ1n) is 9.18. The highest BCUT2D eigenvalue weighted by atomic mass is 35.5. The number of anilines is 1. The predicted octanol–water partition coefficient (Wildman–Crippen LogP) is 4.17. The molecule has 1 aromatic heterocycles. The highest BCUT2D eigenvalue weighted by Crippen LogP contribution is 2.34. The molecule has 1 N–H and O–H groups in total. The molecule has 0 unspecified atom stereocenters. The van der Waals surface area contributed by atoms with Crippen LogP contribution in [-0.2, 0) is 11.8 Å². The molecule has 10 heteroatoms. The maximum Gasteiger partial charge on any atom is 0.234 e. The Balaban J connectivity index is 1.42. The van der Waals surface area contributed by atoms with Crippen LogP contribution in [0.25, 0.3) is 11.4 Å². The van der Waals surface area contributed by atoms with E-state index in [-0.39, 0.29) is 16.7 Å². The van der Waals surface area contributed by atoms with E-state index in [0.29, 0.717) is 41.4 Å². The number of aromatic nitrogens is 3. The van der Waals surface area contributed by atoms with Crippen molar-refractivity contribution in [3.63, 3.8) is 0 Å². The smallest absolute Gasteiger partial charge is 0.234 e. The number of carbonyl (C=O) groups excluding carboxylic acids is 1. The Hall–Kier alpha value is -2.78. The van der Waals surface area contributed by atoms with E-state index in [4.69, 9.17) is 21.1 Å². The van der Waals surface area contributed by atoms with E-state index in [1.807, 2.05) is 29.8 Å². The molecule has 0 saturated carbocycles. The molecular formula is C20H18ClFN4O3S. The lowest BCUT2D eigenvalue weighted by molar-refractivity contribution is -0.113. The van der Waals surface area contributed by atoms with E-state index >= 15 is 0 Å². The number of benzene rings is 2. The molecule has 0 atom stereocenters. The Kier molecular flexibility index (Phi) is 6.10. The molecule has 0 bridgehead atoms. The number of rotatable bonds is 5. The summed E-state index contributed by atoms with van der Waals surface area (Å²) in [6.45, 7) is 1.23. The third kappa shape index (κ3) is 4.52. The number of ether oxygens (including phenoxy) is 2. The molecule has 0 fully saturated rings. The van der Waals surface area contributed by atoms with Gasteiger partial charge in [0.25, 0.3) is 0 Å². The summed E-state index contributed by atoms with van der Waals surface area (Å²) in [5.74, 6) is 1.36. The SMILES string of the molecule is Cn1c(SCC(=O)Nc2ccc(F)c(Cl)c2)nnc1-c1ccc2c(c1)OCCCO2. The molecule has 0 saturated heterocycles. The fourth-order valence-electron chi connectivity index (χ4n) is 2.90. The molecule has 0 aliphatic carbocycles. The van der Waals surface area contributed by atoms with Crippen molar-refractivity contribution in [1.82, 2.24) is 14.8 Å². The second-order valence-electron chi connectivity index (χ2n) is 6.54. The standard InChI is InChI=1S/C20H18ClFN4O3S/c1-26-19(12-3-6-16-17(9-12)29-8-2-7-28-16)24-25-20(26)30-11-18(27)23-13-4-5-15(22)14(21)10-13/h3-6,9-10H,2,7-8,11H2,1H3,(H,23,27). The summed E-state index contributed by atoms with van der Waals surface area (Å²) in [6, 6.07) is 9.66. The van der Waals surface area contributed by atoms with Crippen LogP contribution in [0.2, 0.25) is 5.02 Å². The first kappa shape index (κ1) is 20.5. The Labute approximate surface area is 181 Å². The van der Waals surface area contributed by atoms with Crippen LogP contribution >= 0.6 is 23.4 Å². The Bertz CT molecular complexity index is 1090. The molecule has 4 rings (SSSR count). The summed E-state index contributed by atoms with van der Waals surface area (Å²) in [7, 11) is 1.83. The van der Waals surface area contributed by atoms with E-state index < -0.39 is 5.82 Å². The lowest BCUT2D eigenvalue weighted by Crippen LogP contribution is -2.14. The van der Waals surface area contributed by atoms with Crippen molar-refractivity contribution < 1.29 is 18.7 Å². The van der Waals surface area contributed by atoms with E-state index in [0.717, 1.165) is 12.0 Å². The third-order valence-corrected chi connectivity index (χ3v) is 5.69. The van der Waals surface area contributed by atoms with Gasteiger partial charge in [0.05, 0.1) is 24.0 Å². The lowest BCUT2D eigenvalue weighted by Gasteiger charge is -2.09. The molecule has 1 aliphatic heterocycles. The molecule has 2 heterocycles. The minimum Gasteiger partial charge on any atom is -0.490 e. The Morgan fingerprint density at radius 1 is 1.20 bits per heavy atom. The van der Waals surface area contributed by atoms with E-state index in [1.165, 1.54) is 30.0 Å². The minimum absolute atomic E-state index is 0.0477. The number of hydrogen-bond donors (Lipinski definition) is 1. The molecule has 7 nitrogen and oxygen atoms in total. The summed E-state index contributed by atoms with van der Waals surface area (Å²) in [5.41, 5.74) is 1.27. The van der Waals surface area contributed by atoms with Crippen LogP contribution in [0.15, 0.2) is 41.6 Å². The first-order chi connectivity index (χ1) is 14.5. The number of hydrogen-bond acceptors (Lipinski definition) is 6. The van der Waals surface area contributed by atoms with Gasteiger partial charge in [0.1, 0.15) is 5.82 Å². The minimum atomic E-state index is -0.537. The second kappa shape index (κ2) is 8.93. The molecular weight excluding hydrogens is 431 g/mol. The zero-order chi connectivity index (χ0) is 21.1. The predicted molar refractivity (Wildman–Crippen MR) is 113 cm³/mol. The van der Waals surface area contributed by atoms with Crippen LogP contribution in [0.3, 0.4) is 0 Å². The van der Waals surface area contributed by atoms with Crippen LogP contribution in [0.4, 0.5) is 10.1 Å². The average Bonchev–Trinajstić information content (AvgIpc) is 2.94. The number of nitrogens with one attached hydrogen (secondary N) is 1. The second-order valence-corrected chi connectivity index (χ2v) is 7.89. The molecule has 1 aliphatic rings. The van der Waals surface area contributed by atoms with Gasteiger partial charge in [-0.1, -0.05) is 23.4 Å². The highest BCUT2D eigenvalue weighted by molar-refractivity contribution is 7.99. The molecule has 0 radical (unpaired) electrons. The largest absolute Gasteiger partial charge is 0.490 e. The van der Waals surface area contributed by atoms with Crippen molar-refractivity contribution in [3.8, 4) is 22.9 Å². The highest BCUT2D eigenvalue weighted by Gasteiger charge is 2.17. The lowest BCUT2D eigenvalue weighted by atomic mass is 10.2. The van der Waals surface area contributed by atoms with Crippen molar-refractivity contribution in [2.75, 3.05) is 24.3 Å². The summed E-state index contributed by atoms with van der Waals surface area (Å²) in [6.07, 6.45) is 0.834. The number of nitrogens with zero attached hydrogens (tertiary/aromatic N) is 3. The zero-order valence-corrected chi connectivity index (χ0v) is 17.6. The molecule has 1 amide bonds. The summed E-state index contributed by atoms with van der Waals surface area (Å²) in [4.78, 5) is 12.2. The Morgan fingerprint density at radius 3 is 2.80 bits per heavy atom. The number of amides is 1. The topological polar surface area (TPSA) is 78.3 Å². The van der Waals surface area contributed by atoms with Gasteiger partial charge in [-0.05, 0) is 36.4 Å². The number of carbonyl (C=O) groups is 1. The molecule has 30 heavy (non-hydrogen) atoms. The number of thioether (sulfide) groups is 1. The van der Waals surface area contributed by atoms with E-state index in [2.05, 4.69) is 15.5 Å². The summed E-state index contributed by atoms with van der Waals surface area (Å²) < 4.78 is 26.4. The van der Waals surface area contributed by atoms with Gasteiger partial charge in [-0.15, -0.1) is 10.2 Å². The van der Waals surface area contributed by atoms with Crippen LogP contribution in [-0.4, -0.2) is 39.6 Å². The maximum absolute atomic E-state index is 13.2. The molecule has 3 aromatic rings. The van der Waals surface area contributed by atoms with Crippen molar-refractivity contribution >= 4 is 35.0 Å². The monoisotopic (exact) mass is 448 g/mol. The molecule has 156 valence electrons. The van der Waals surface area contributed by atoms with Crippen molar-refractivity contribution in [2.24, 2.45) is 7.05 Å². The first-order valence-corrected chi connectivity index (χ1v) is 10.5. The zero-order valence-electron chi connectivity index (χ0n) is 16.0. The summed E-state index contributed by atoms with van der Waals surface area (Å²) in [5, 5.41) is 11.6. The normalized spacial score (nSPS) is 13.0. The van der Waals surface area contributed by atoms with E-state index in [1.54, 1.807) is 0 Å². The number of fused-ring (bicyclic) bond motifs is 1. The van der Waals surface area contributed by atoms with Crippen molar-refractivity contribution in [3.05, 3.63) is 47.2 Å². The van der Waals surface area contributed by atoms with Crippen LogP contribution in [0.5, 0.6) is 11.5 Å². The quantitative estimate of drug-likeness (QED) is 0.590. The van der Waals surface area contributed by atoms with Gasteiger partial charge < -0.3 is 19.4 Å². The van der Waals surface area contributed by atoms with Gasteiger partial charge in [0.15, 0.2) is 22.5 Å². The van der Waals surface area contributed by atoms with Gasteiger partial charge in [-0.25, -0.2) is 4.39 Å². The van der Waals surface area contributed by atoms with Gasteiger partial charge >= 0.3 is 0 Å². The van der Waals surface area contributed by atoms with Crippen molar-refractivity contribution in [2.45, 2.75) is 11.6 Å². The fourth-order valence-corrected chi connectivity index (χ4v) is 3.79. The maximum atomic E-state index is 13.2. The van der Waals surface area contributed by atoms with Gasteiger partial charge in [0.2, 0.25) is 5.91 Å². The van der Waals surface area contributed by atoms with E-state index in [9.17, 15) is 9.18 Å². The van der Waals surface area contributed by atoms with Crippen molar-refractivity contribution in [1.29, 1.82) is 0 Å². The van der Waals surface area contributed by atoms with Gasteiger partial charge in [-0.2, -0.15) is 0 Å². The average molecular weight is 449 g/mol. The van der Waals surface area contributed by atoms with Crippen LogP contribution < -0.4 is 14.8 Å².